The van der Waals surface area contributed by atoms with Gasteiger partial charge in [-0.05, 0) is 49.4 Å². The first kappa shape index (κ1) is 93.1. The second-order valence-corrected chi connectivity index (χ2v) is 31.7. The van der Waals surface area contributed by atoms with Gasteiger partial charge in [-0.25, -0.2) is 9.13 Å². The van der Waals surface area contributed by atoms with Crippen LogP contribution in [0.3, 0.4) is 0 Å². The third-order valence-corrected chi connectivity index (χ3v) is 20.2. The van der Waals surface area contributed by atoms with E-state index >= 15 is 0 Å². The van der Waals surface area contributed by atoms with Crippen LogP contribution >= 0.6 is 15.6 Å². The maximum Gasteiger partial charge on any atom is 0.472 e. The summed E-state index contributed by atoms with van der Waals surface area (Å²) in [5.74, 6) is 0.978. The number of phosphoric ester groups is 2. The molecule has 0 aliphatic carbocycles. The number of hydrogen-bond acceptors (Lipinski definition) is 15. The topological polar surface area (TPSA) is 237 Å². The number of phosphoric acid groups is 2. The predicted octanol–water partition coefficient (Wildman–Crippen LogP) is 22.0. The van der Waals surface area contributed by atoms with Gasteiger partial charge in [0.25, 0.3) is 0 Å². The fourth-order valence-electron chi connectivity index (χ4n) is 11.5. The molecular formula is C76H148O17P2. The molecule has 0 saturated carbocycles. The average Bonchev–Trinajstić information content (AvgIpc) is 1.88. The van der Waals surface area contributed by atoms with Crippen molar-refractivity contribution in [2.75, 3.05) is 39.6 Å². The van der Waals surface area contributed by atoms with Crippen molar-refractivity contribution >= 4 is 39.5 Å². The molecule has 0 radical (unpaired) electrons. The Balaban J connectivity index is 5.25. The van der Waals surface area contributed by atoms with Gasteiger partial charge in [0.15, 0.2) is 12.2 Å². The number of unbranched alkanes of at least 4 members (excludes halogenated alkanes) is 37. The van der Waals surface area contributed by atoms with Gasteiger partial charge >= 0.3 is 39.5 Å². The van der Waals surface area contributed by atoms with E-state index < -0.39 is 97.5 Å². The molecule has 0 aliphatic heterocycles. The van der Waals surface area contributed by atoms with Crippen LogP contribution in [0.4, 0.5) is 0 Å². The monoisotopic (exact) mass is 1400 g/mol. The number of rotatable bonds is 73. The molecule has 0 fully saturated rings. The van der Waals surface area contributed by atoms with Crippen LogP contribution in [0.2, 0.25) is 0 Å². The minimum Gasteiger partial charge on any atom is -0.462 e. The number of ether oxygens (including phenoxy) is 4. The molecule has 0 aromatic heterocycles. The standard InChI is InChI=1S/C76H148O17P2/c1-9-68(7)54-46-38-29-23-17-13-11-12-14-18-26-32-42-50-58-75(80)92-71(62-86-73(78)56-48-40-31-25-21-20-24-30-39-47-55-69(8)10-2)64-90-94(82,83)88-60-70(77)61-89-95(84,85)91-65-72(63-87-74(79)57-49-41-35-34-37-45-53-67(5)6)93-76(81)59-51-43-33-27-19-15-16-22-28-36-44-52-66(3)4/h66-72,77H,9-65H2,1-8H3,(H,82,83)(H,84,85)/t68?,69?,70-,71-,72-/m1/s1. The van der Waals surface area contributed by atoms with Gasteiger partial charge in [0, 0.05) is 25.7 Å². The summed E-state index contributed by atoms with van der Waals surface area (Å²) in [5.41, 5.74) is 0. The summed E-state index contributed by atoms with van der Waals surface area (Å²) in [4.78, 5) is 72.8. The van der Waals surface area contributed by atoms with E-state index in [0.29, 0.717) is 31.6 Å². The molecule has 95 heavy (non-hydrogen) atoms. The van der Waals surface area contributed by atoms with Crippen molar-refractivity contribution in [2.24, 2.45) is 23.7 Å². The first-order chi connectivity index (χ1) is 45.7. The quantitative estimate of drug-likeness (QED) is 0.0222. The Kier molecular flexibility index (Phi) is 64.0. The van der Waals surface area contributed by atoms with E-state index in [2.05, 4.69) is 55.4 Å². The lowest BCUT2D eigenvalue weighted by atomic mass is 9.99. The van der Waals surface area contributed by atoms with Gasteiger partial charge in [-0.15, -0.1) is 0 Å². The van der Waals surface area contributed by atoms with Gasteiger partial charge in [-0.3, -0.25) is 37.3 Å². The Morgan fingerprint density at radius 2 is 0.505 bits per heavy atom. The fraction of sp³-hybridized carbons (Fsp3) is 0.947. The highest BCUT2D eigenvalue weighted by molar-refractivity contribution is 7.47. The molecule has 564 valence electrons. The van der Waals surface area contributed by atoms with Crippen molar-refractivity contribution in [2.45, 2.75) is 401 Å². The molecule has 0 aromatic rings. The van der Waals surface area contributed by atoms with Crippen molar-refractivity contribution in [1.29, 1.82) is 0 Å². The van der Waals surface area contributed by atoms with Gasteiger partial charge in [-0.2, -0.15) is 0 Å². The number of aliphatic hydroxyl groups is 1. The van der Waals surface area contributed by atoms with Crippen molar-refractivity contribution in [1.82, 2.24) is 0 Å². The average molecular weight is 1400 g/mol. The smallest absolute Gasteiger partial charge is 0.462 e. The second-order valence-electron chi connectivity index (χ2n) is 28.8. The predicted molar refractivity (Wildman–Crippen MR) is 386 cm³/mol. The van der Waals surface area contributed by atoms with Gasteiger partial charge in [-0.1, -0.05) is 331 Å². The molecule has 3 N–H and O–H groups in total. The molecule has 19 heteroatoms. The molecule has 0 aliphatic rings. The van der Waals surface area contributed by atoms with E-state index in [1.165, 1.54) is 180 Å². The maximum atomic E-state index is 13.1. The van der Waals surface area contributed by atoms with E-state index in [4.69, 9.17) is 37.0 Å². The molecule has 0 amide bonds. The first-order valence-corrected chi connectivity index (χ1v) is 42.3. The zero-order valence-electron chi connectivity index (χ0n) is 62.3. The van der Waals surface area contributed by atoms with Crippen LogP contribution in [-0.2, 0) is 65.4 Å². The zero-order valence-corrected chi connectivity index (χ0v) is 64.1. The highest BCUT2D eigenvalue weighted by atomic mass is 31.2. The lowest BCUT2D eigenvalue weighted by molar-refractivity contribution is -0.161. The summed E-state index contributed by atoms with van der Waals surface area (Å²) in [6.45, 7) is 14.2. The summed E-state index contributed by atoms with van der Waals surface area (Å²) in [6, 6.07) is 0. The van der Waals surface area contributed by atoms with Crippen LogP contribution < -0.4 is 0 Å². The highest BCUT2D eigenvalue weighted by Crippen LogP contribution is 2.45. The largest absolute Gasteiger partial charge is 0.472 e. The lowest BCUT2D eigenvalue weighted by Gasteiger charge is -2.21. The molecule has 0 heterocycles. The van der Waals surface area contributed by atoms with E-state index in [9.17, 15) is 43.2 Å². The van der Waals surface area contributed by atoms with Gasteiger partial charge in [0.1, 0.15) is 19.3 Å². The Bertz CT molecular complexity index is 1870. The summed E-state index contributed by atoms with van der Waals surface area (Å²) >= 11 is 0. The van der Waals surface area contributed by atoms with Crippen LogP contribution in [-0.4, -0.2) is 96.7 Å². The van der Waals surface area contributed by atoms with E-state index in [1.54, 1.807) is 0 Å². The second kappa shape index (κ2) is 65.4. The number of carbonyl (C=O) groups is 4. The number of carbonyl (C=O) groups excluding carboxylic acids is 4. The Hall–Kier alpha value is -1.94. The Labute approximate surface area is 581 Å². The van der Waals surface area contributed by atoms with Gasteiger partial charge in [0.05, 0.1) is 26.4 Å². The third-order valence-electron chi connectivity index (χ3n) is 18.3. The molecule has 4 unspecified atom stereocenters. The number of aliphatic hydroxyl groups excluding tert-OH is 1. The third kappa shape index (κ3) is 67.6. The molecule has 0 aromatic carbocycles. The maximum absolute atomic E-state index is 13.1. The lowest BCUT2D eigenvalue weighted by Crippen LogP contribution is -2.30. The minimum absolute atomic E-state index is 0.105. The summed E-state index contributed by atoms with van der Waals surface area (Å²) in [5, 5.41) is 10.6. The van der Waals surface area contributed by atoms with Crippen molar-refractivity contribution in [3.63, 3.8) is 0 Å². The summed E-state index contributed by atoms with van der Waals surface area (Å²) in [6.07, 6.45) is 49.9. The fourth-order valence-corrected chi connectivity index (χ4v) is 13.1. The Morgan fingerprint density at radius 1 is 0.295 bits per heavy atom. The summed E-state index contributed by atoms with van der Waals surface area (Å²) < 4.78 is 68.5. The zero-order chi connectivity index (χ0) is 70.3. The molecule has 0 bridgehead atoms. The molecule has 0 spiro atoms. The van der Waals surface area contributed by atoms with E-state index in [1.807, 2.05) is 0 Å². The van der Waals surface area contributed by atoms with E-state index in [0.717, 1.165) is 114 Å². The molecule has 7 atom stereocenters. The van der Waals surface area contributed by atoms with Crippen LogP contribution in [0.25, 0.3) is 0 Å². The Morgan fingerprint density at radius 3 is 0.747 bits per heavy atom. The van der Waals surface area contributed by atoms with Crippen molar-refractivity contribution < 1.29 is 80.2 Å². The first-order valence-electron chi connectivity index (χ1n) is 39.3. The number of esters is 4. The van der Waals surface area contributed by atoms with Gasteiger partial charge < -0.3 is 33.8 Å². The van der Waals surface area contributed by atoms with Crippen LogP contribution in [0.15, 0.2) is 0 Å². The van der Waals surface area contributed by atoms with Crippen molar-refractivity contribution in [3.05, 3.63) is 0 Å². The molecule has 17 nitrogen and oxygen atoms in total. The van der Waals surface area contributed by atoms with Gasteiger partial charge in [0.2, 0.25) is 0 Å². The highest BCUT2D eigenvalue weighted by Gasteiger charge is 2.30. The SMILES string of the molecule is CCC(C)CCCCCCCCCCCCCCCCC(=O)O[C@H](COC(=O)CCCCCCCCCCCCC(C)CC)COP(=O)(O)OC[C@@H](O)COP(=O)(O)OC[C@@H](COC(=O)CCCCCCCCC(C)C)OC(=O)CCCCCCCCCCCCCC(C)C. The van der Waals surface area contributed by atoms with Crippen molar-refractivity contribution in [3.8, 4) is 0 Å². The van der Waals surface area contributed by atoms with E-state index in [-0.39, 0.29) is 25.7 Å². The van der Waals surface area contributed by atoms with Crippen LogP contribution in [0, 0.1) is 23.7 Å². The number of hydrogen-bond donors (Lipinski definition) is 3. The molecule has 0 rings (SSSR count). The summed E-state index contributed by atoms with van der Waals surface area (Å²) in [7, 11) is -9.91. The van der Waals surface area contributed by atoms with Crippen LogP contribution in [0.1, 0.15) is 383 Å². The molecule has 0 saturated heterocycles. The molecular weight excluding hydrogens is 1250 g/mol. The normalized spacial score (nSPS) is 14.7. The minimum atomic E-state index is -4.96. The van der Waals surface area contributed by atoms with Crippen LogP contribution in [0.5, 0.6) is 0 Å².